The summed E-state index contributed by atoms with van der Waals surface area (Å²) in [5, 5.41) is 19.6. The first-order valence-corrected chi connectivity index (χ1v) is 10.5. The highest BCUT2D eigenvalue weighted by molar-refractivity contribution is 7.19. The lowest BCUT2D eigenvalue weighted by Gasteiger charge is -2.45. The second kappa shape index (κ2) is 7.45. The Morgan fingerprint density at radius 2 is 1.96 bits per heavy atom. The van der Waals surface area contributed by atoms with Gasteiger partial charge in [0.1, 0.15) is 0 Å². The minimum Gasteiger partial charge on any atom is -0.343 e. The second-order valence-electron chi connectivity index (χ2n) is 7.66. The Morgan fingerprint density at radius 1 is 1.16 bits per heavy atom. The standard InChI is InChI=1S/C17H28N6OS/c24-14(19-13-6-2-3-7-13)20-15-21-22-16(25-15)23-11-10-18-17(12-23)8-4-1-5-9-17/h13,18H,1-12H2,(H2,19,20,21,24). The van der Waals surface area contributed by atoms with Crippen LogP contribution in [0.4, 0.5) is 15.1 Å². The van der Waals surface area contributed by atoms with Gasteiger partial charge in [0.15, 0.2) is 0 Å². The van der Waals surface area contributed by atoms with Gasteiger partial charge < -0.3 is 15.5 Å². The summed E-state index contributed by atoms with van der Waals surface area (Å²) in [4.78, 5) is 14.4. The molecule has 138 valence electrons. The Hall–Kier alpha value is -1.41. The average molecular weight is 365 g/mol. The minimum absolute atomic E-state index is 0.154. The Kier molecular flexibility index (Phi) is 5.08. The molecule has 8 heteroatoms. The monoisotopic (exact) mass is 364 g/mol. The summed E-state index contributed by atoms with van der Waals surface area (Å²) in [7, 11) is 0. The van der Waals surface area contributed by atoms with Crippen LogP contribution >= 0.6 is 11.3 Å². The molecule has 0 unspecified atom stereocenters. The first kappa shape index (κ1) is 17.0. The molecule has 2 heterocycles. The number of carbonyl (C=O) groups excluding carboxylic acids is 1. The first-order valence-electron chi connectivity index (χ1n) is 9.64. The summed E-state index contributed by atoms with van der Waals surface area (Å²) in [6.07, 6.45) is 11.0. The molecule has 0 atom stereocenters. The zero-order valence-corrected chi connectivity index (χ0v) is 15.5. The lowest BCUT2D eigenvalue weighted by Crippen LogP contribution is -2.61. The second-order valence-corrected chi connectivity index (χ2v) is 8.61. The Balaban J connectivity index is 1.34. The molecule has 0 bridgehead atoms. The molecule has 2 saturated carbocycles. The molecular formula is C17H28N6OS. The lowest BCUT2D eigenvalue weighted by atomic mass is 9.80. The van der Waals surface area contributed by atoms with Crippen LogP contribution in [-0.4, -0.2) is 47.4 Å². The number of nitrogens with one attached hydrogen (secondary N) is 3. The van der Waals surface area contributed by atoms with E-state index in [4.69, 9.17) is 0 Å². The predicted octanol–water partition coefficient (Wildman–Crippen LogP) is 2.71. The van der Waals surface area contributed by atoms with Gasteiger partial charge in [0.2, 0.25) is 10.3 Å². The van der Waals surface area contributed by atoms with Crippen molar-refractivity contribution in [1.82, 2.24) is 20.8 Å². The van der Waals surface area contributed by atoms with Gasteiger partial charge in [-0.2, -0.15) is 0 Å². The molecule has 3 fully saturated rings. The molecule has 0 aromatic carbocycles. The number of anilines is 2. The highest BCUT2D eigenvalue weighted by atomic mass is 32.1. The van der Waals surface area contributed by atoms with Crippen LogP contribution in [0.3, 0.4) is 0 Å². The number of piperazine rings is 1. The van der Waals surface area contributed by atoms with Crippen LogP contribution in [0.25, 0.3) is 0 Å². The van der Waals surface area contributed by atoms with Crippen molar-refractivity contribution < 1.29 is 4.79 Å². The van der Waals surface area contributed by atoms with Crippen LogP contribution in [-0.2, 0) is 0 Å². The molecule has 3 aliphatic rings. The van der Waals surface area contributed by atoms with Crippen LogP contribution in [0.5, 0.6) is 0 Å². The van der Waals surface area contributed by atoms with Gasteiger partial charge in [0.25, 0.3) is 0 Å². The third-order valence-electron chi connectivity index (χ3n) is 5.78. The number of carbonyl (C=O) groups is 1. The first-order chi connectivity index (χ1) is 12.2. The SMILES string of the molecule is O=C(Nc1nnc(N2CCNC3(CCCCC3)C2)s1)NC1CCCC1. The van der Waals surface area contributed by atoms with Gasteiger partial charge in [-0.3, -0.25) is 5.32 Å². The predicted molar refractivity (Wildman–Crippen MR) is 100 cm³/mol. The third-order valence-corrected chi connectivity index (χ3v) is 6.68. The van der Waals surface area contributed by atoms with Crippen LogP contribution in [0.2, 0.25) is 0 Å². The molecule has 0 radical (unpaired) electrons. The van der Waals surface area contributed by atoms with Crippen molar-refractivity contribution in [3.05, 3.63) is 0 Å². The Bertz CT molecular complexity index is 588. The van der Waals surface area contributed by atoms with Gasteiger partial charge in [-0.15, -0.1) is 10.2 Å². The van der Waals surface area contributed by atoms with Crippen molar-refractivity contribution in [3.8, 4) is 0 Å². The molecule has 25 heavy (non-hydrogen) atoms. The molecule has 1 aliphatic heterocycles. The number of rotatable bonds is 3. The van der Waals surface area contributed by atoms with E-state index in [2.05, 4.69) is 31.0 Å². The molecule has 4 rings (SSSR count). The number of aromatic nitrogens is 2. The molecule has 1 aromatic heterocycles. The van der Waals surface area contributed by atoms with E-state index in [0.717, 1.165) is 37.6 Å². The van der Waals surface area contributed by atoms with E-state index >= 15 is 0 Å². The summed E-state index contributed by atoms with van der Waals surface area (Å²) < 4.78 is 0. The van der Waals surface area contributed by atoms with Gasteiger partial charge in [-0.05, 0) is 25.7 Å². The van der Waals surface area contributed by atoms with Crippen LogP contribution < -0.4 is 20.9 Å². The quantitative estimate of drug-likeness (QED) is 0.768. The zero-order valence-electron chi connectivity index (χ0n) is 14.7. The number of hydrogen-bond acceptors (Lipinski definition) is 6. The van der Waals surface area contributed by atoms with Crippen LogP contribution in [0.15, 0.2) is 0 Å². The van der Waals surface area contributed by atoms with Crippen molar-refractivity contribution >= 4 is 27.6 Å². The van der Waals surface area contributed by atoms with Gasteiger partial charge in [-0.1, -0.05) is 43.4 Å². The molecule has 7 nitrogen and oxygen atoms in total. The normalized spacial score (nSPS) is 23.8. The van der Waals surface area contributed by atoms with E-state index in [9.17, 15) is 4.79 Å². The third kappa shape index (κ3) is 4.06. The molecule has 3 N–H and O–H groups in total. The van der Waals surface area contributed by atoms with Crippen molar-refractivity contribution in [2.75, 3.05) is 29.9 Å². The fourth-order valence-electron chi connectivity index (χ4n) is 4.47. The van der Waals surface area contributed by atoms with E-state index in [0.29, 0.717) is 11.2 Å². The van der Waals surface area contributed by atoms with E-state index in [1.807, 2.05) is 0 Å². The molecule has 1 saturated heterocycles. The number of hydrogen-bond donors (Lipinski definition) is 3. The topological polar surface area (TPSA) is 82.2 Å². The highest BCUT2D eigenvalue weighted by Gasteiger charge is 2.37. The van der Waals surface area contributed by atoms with Crippen molar-refractivity contribution in [3.63, 3.8) is 0 Å². The maximum atomic E-state index is 12.1. The lowest BCUT2D eigenvalue weighted by molar-refractivity contribution is 0.216. The van der Waals surface area contributed by atoms with Crippen molar-refractivity contribution in [1.29, 1.82) is 0 Å². The van der Waals surface area contributed by atoms with Gasteiger partial charge >= 0.3 is 6.03 Å². The van der Waals surface area contributed by atoms with Crippen molar-refractivity contribution in [2.45, 2.75) is 69.4 Å². The largest absolute Gasteiger partial charge is 0.343 e. The molecular weight excluding hydrogens is 336 g/mol. The summed E-state index contributed by atoms with van der Waals surface area (Å²) in [5.74, 6) is 0. The fraction of sp³-hybridized carbons (Fsp3) is 0.824. The van der Waals surface area contributed by atoms with Gasteiger partial charge in [0, 0.05) is 31.2 Å². The summed E-state index contributed by atoms with van der Waals surface area (Å²) >= 11 is 1.48. The summed E-state index contributed by atoms with van der Waals surface area (Å²) in [6, 6.07) is 0.158. The van der Waals surface area contributed by atoms with E-state index in [1.165, 1.54) is 56.3 Å². The molecule has 2 aliphatic carbocycles. The van der Waals surface area contributed by atoms with Crippen LogP contribution in [0.1, 0.15) is 57.8 Å². The number of urea groups is 1. The van der Waals surface area contributed by atoms with Gasteiger partial charge in [0.05, 0.1) is 0 Å². The van der Waals surface area contributed by atoms with Gasteiger partial charge in [-0.25, -0.2) is 4.79 Å². The van der Waals surface area contributed by atoms with Crippen LogP contribution in [0, 0.1) is 0 Å². The maximum absolute atomic E-state index is 12.1. The minimum atomic E-state index is -0.154. The molecule has 1 aromatic rings. The number of amides is 2. The smallest absolute Gasteiger partial charge is 0.321 e. The Morgan fingerprint density at radius 3 is 2.76 bits per heavy atom. The number of nitrogens with zero attached hydrogens (tertiary/aromatic N) is 3. The average Bonchev–Trinajstić information content (AvgIpc) is 3.28. The molecule has 1 spiro atoms. The summed E-state index contributed by atoms with van der Waals surface area (Å²) in [6.45, 7) is 2.94. The molecule has 2 amide bonds. The van der Waals surface area contributed by atoms with Crippen molar-refractivity contribution in [2.24, 2.45) is 0 Å². The summed E-state index contributed by atoms with van der Waals surface area (Å²) in [5.41, 5.74) is 0.246. The highest BCUT2D eigenvalue weighted by Crippen LogP contribution is 2.33. The van der Waals surface area contributed by atoms with E-state index in [1.54, 1.807) is 0 Å². The zero-order chi connectivity index (χ0) is 17.1. The maximum Gasteiger partial charge on any atom is 0.321 e. The van der Waals surface area contributed by atoms with E-state index in [-0.39, 0.29) is 11.6 Å². The fourth-order valence-corrected chi connectivity index (χ4v) is 5.23. The van der Waals surface area contributed by atoms with E-state index < -0.39 is 0 Å². The Labute approximate surface area is 153 Å².